The fourth-order valence-electron chi connectivity index (χ4n) is 3.91. The zero-order valence-electron chi connectivity index (χ0n) is 19.4. The van der Waals surface area contributed by atoms with E-state index in [2.05, 4.69) is 27.3 Å². The summed E-state index contributed by atoms with van der Waals surface area (Å²) in [5, 5.41) is 11.0. The lowest BCUT2D eigenvalue weighted by Gasteiger charge is -2.29. The topological polar surface area (TPSA) is 105 Å². The molecule has 0 radical (unpaired) electrons. The molecule has 2 amide bonds. The van der Waals surface area contributed by atoms with Crippen molar-refractivity contribution in [3.8, 4) is 0 Å². The minimum atomic E-state index is -0.0736. The molecule has 9 nitrogen and oxygen atoms in total. The number of nitrogens with one attached hydrogen (secondary N) is 2. The second kappa shape index (κ2) is 11.2. The van der Waals surface area contributed by atoms with E-state index >= 15 is 0 Å². The number of carbonyl (C=O) groups excluding carboxylic acids is 2. The molecule has 0 saturated carbocycles. The normalized spacial score (nSPS) is 16.4. The molecule has 1 aromatic carbocycles. The maximum absolute atomic E-state index is 13.5. The first-order valence-corrected chi connectivity index (χ1v) is 11.1. The van der Waals surface area contributed by atoms with Gasteiger partial charge in [-0.3, -0.25) is 15.0 Å². The van der Waals surface area contributed by atoms with Crippen molar-refractivity contribution in [2.75, 3.05) is 41.9 Å². The molecule has 174 valence electrons. The van der Waals surface area contributed by atoms with E-state index in [1.165, 1.54) is 18.0 Å². The van der Waals surface area contributed by atoms with Crippen LogP contribution >= 0.6 is 0 Å². The second-order valence-electron chi connectivity index (χ2n) is 7.87. The average molecular weight is 450 g/mol. The van der Waals surface area contributed by atoms with Gasteiger partial charge in [-0.2, -0.15) is 5.10 Å². The first-order valence-electron chi connectivity index (χ1n) is 11.1. The van der Waals surface area contributed by atoms with Crippen LogP contribution < -0.4 is 15.2 Å². The molecule has 1 atom stereocenters. The number of rotatable bonds is 7. The zero-order valence-corrected chi connectivity index (χ0v) is 19.4. The third-order valence-electron chi connectivity index (χ3n) is 5.87. The Morgan fingerprint density at radius 2 is 2.00 bits per heavy atom. The summed E-state index contributed by atoms with van der Waals surface area (Å²) in [4.78, 5) is 35.6. The summed E-state index contributed by atoms with van der Waals surface area (Å²) in [5.74, 6) is 1.29. The Balaban J connectivity index is 1.81. The molecule has 2 heterocycles. The van der Waals surface area contributed by atoms with Crippen LogP contribution in [0.4, 0.5) is 17.3 Å². The smallest absolute Gasteiger partial charge is 0.256 e. The van der Waals surface area contributed by atoms with Gasteiger partial charge < -0.3 is 20.1 Å². The molecule has 9 heteroatoms. The van der Waals surface area contributed by atoms with Crippen molar-refractivity contribution in [2.24, 2.45) is 5.10 Å². The highest BCUT2D eigenvalue weighted by molar-refractivity contribution is 6.14. The predicted molar refractivity (Wildman–Crippen MR) is 133 cm³/mol. The quantitative estimate of drug-likeness (QED) is 0.499. The molecule has 1 saturated heterocycles. The van der Waals surface area contributed by atoms with Crippen LogP contribution in [0, 0.1) is 5.41 Å². The maximum atomic E-state index is 13.5. The monoisotopic (exact) mass is 449 g/mol. The van der Waals surface area contributed by atoms with E-state index < -0.39 is 0 Å². The van der Waals surface area contributed by atoms with Crippen LogP contribution in [-0.4, -0.2) is 66.9 Å². The summed E-state index contributed by atoms with van der Waals surface area (Å²) in [6.07, 6.45) is 4.07. The highest BCUT2D eigenvalue weighted by Crippen LogP contribution is 2.25. The molecule has 1 aromatic heterocycles. The van der Waals surface area contributed by atoms with Gasteiger partial charge in [-0.25, -0.2) is 4.98 Å². The lowest BCUT2D eigenvalue weighted by molar-refractivity contribution is -0.116. The van der Waals surface area contributed by atoms with E-state index in [-0.39, 0.29) is 17.9 Å². The zero-order chi connectivity index (χ0) is 23.8. The van der Waals surface area contributed by atoms with Gasteiger partial charge in [0.2, 0.25) is 5.91 Å². The number of amides is 2. The van der Waals surface area contributed by atoms with E-state index in [4.69, 9.17) is 5.41 Å². The molecular formula is C24H31N7O2. The molecule has 3 rings (SSSR count). The number of benzene rings is 1. The van der Waals surface area contributed by atoms with Gasteiger partial charge in [0.1, 0.15) is 11.6 Å². The maximum Gasteiger partial charge on any atom is 0.256 e. The molecule has 0 unspecified atom stereocenters. The number of para-hydroxylation sites is 1. The van der Waals surface area contributed by atoms with Crippen LogP contribution in [0.1, 0.15) is 37.0 Å². The van der Waals surface area contributed by atoms with Gasteiger partial charge in [0, 0.05) is 45.9 Å². The third kappa shape index (κ3) is 5.74. The third-order valence-corrected chi connectivity index (χ3v) is 5.87. The van der Waals surface area contributed by atoms with Gasteiger partial charge in [0.25, 0.3) is 5.91 Å². The van der Waals surface area contributed by atoms with Crippen molar-refractivity contribution in [2.45, 2.75) is 32.7 Å². The Hall–Kier alpha value is -3.75. The van der Waals surface area contributed by atoms with Crippen molar-refractivity contribution < 1.29 is 9.59 Å². The van der Waals surface area contributed by atoms with E-state index in [0.29, 0.717) is 30.2 Å². The van der Waals surface area contributed by atoms with Crippen LogP contribution in [0.15, 0.2) is 47.6 Å². The molecule has 1 fully saturated rings. The highest BCUT2D eigenvalue weighted by atomic mass is 16.2. The van der Waals surface area contributed by atoms with Gasteiger partial charge in [-0.05, 0) is 37.1 Å². The van der Waals surface area contributed by atoms with Crippen molar-refractivity contribution >= 4 is 41.6 Å². The second-order valence-corrected chi connectivity index (χ2v) is 7.87. The Morgan fingerprint density at radius 1 is 1.21 bits per heavy atom. The lowest BCUT2D eigenvalue weighted by atomic mass is 10.1. The molecular weight excluding hydrogens is 418 g/mol. The predicted octanol–water partition coefficient (Wildman–Crippen LogP) is 3.24. The van der Waals surface area contributed by atoms with E-state index in [1.54, 1.807) is 19.2 Å². The van der Waals surface area contributed by atoms with Crippen LogP contribution in [-0.2, 0) is 4.79 Å². The van der Waals surface area contributed by atoms with Crippen molar-refractivity contribution in [3.63, 3.8) is 0 Å². The number of aromatic nitrogens is 1. The van der Waals surface area contributed by atoms with E-state index in [1.807, 2.05) is 35.2 Å². The number of hydrogen-bond acceptors (Lipinski definition) is 7. The number of carbonyl (C=O) groups is 2. The molecule has 1 aliphatic rings. The van der Waals surface area contributed by atoms with Crippen molar-refractivity contribution in [1.29, 1.82) is 5.41 Å². The summed E-state index contributed by atoms with van der Waals surface area (Å²) >= 11 is 0. The Labute approximate surface area is 194 Å². The number of anilines is 3. The standard InChI is InChI=1S/C24H31N7O2/c1-4-19-12-15-30(23-11-7-10-22(27-23)29(3)18(2)32)16-17-31(19)24(33)20-8-5-6-9-21(20)28-26-14-13-25/h5-11,13-14,19,25,28H,4,12,15-17H2,1-3H3/b25-13?,26-14-/t19-/m1/s1. The summed E-state index contributed by atoms with van der Waals surface area (Å²) in [7, 11) is 1.71. The molecule has 2 N–H and O–H groups in total. The molecule has 0 aliphatic carbocycles. The van der Waals surface area contributed by atoms with Crippen LogP contribution in [0.2, 0.25) is 0 Å². The van der Waals surface area contributed by atoms with Crippen LogP contribution in [0.3, 0.4) is 0 Å². The molecule has 2 aromatic rings. The Kier molecular flexibility index (Phi) is 8.12. The van der Waals surface area contributed by atoms with Gasteiger partial charge in [0.05, 0.1) is 17.5 Å². The van der Waals surface area contributed by atoms with E-state index in [9.17, 15) is 9.59 Å². The fraction of sp³-hybridized carbons (Fsp3) is 0.375. The van der Waals surface area contributed by atoms with Gasteiger partial charge >= 0.3 is 0 Å². The van der Waals surface area contributed by atoms with Crippen molar-refractivity contribution in [3.05, 3.63) is 48.0 Å². The number of hydrogen-bond donors (Lipinski definition) is 2. The number of hydrazone groups is 1. The Morgan fingerprint density at radius 3 is 2.73 bits per heavy atom. The summed E-state index contributed by atoms with van der Waals surface area (Å²) in [5.41, 5.74) is 4.02. The van der Waals surface area contributed by atoms with Crippen LogP contribution in [0.25, 0.3) is 0 Å². The van der Waals surface area contributed by atoms with Crippen molar-refractivity contribution in [1.82, 2.24) is 9.88 Å². The number of pyridine rings is 1. The van der Waals surface area contributed by atoms with Gasteiger partial charge in [-0.1, -0.05) is 25.1 Å². The molecule has 0 bridgehead atoms. The SMILES string of the molecule is CC[C@@H]1CCN(c2cccc(N(C)C(C)=O)n2)CCN1C(=O)c1ccccc1N/N=C\C=N. The number of nitrogens with zero attached hydrogens (tertiary/aromatic N) is 5. The largest absolute Gasteiger partial charge is 0.355 e. The first kappa shape index (κ1) is 23.9. The highest BCUT2D eigenvalue weighted by Gasteiger charge is 2.29. The minimum Gasteiger partial charge on any atom is -0.355 e. The Bertz CT molecular complexity index is 1020. The van der Waals surface area contributed by atoms with Gasteiger partial charge in [-0.15, -0.1) is 0 Å². The van der Waals surface area contributed by atoms with Crippen LogP contribution in [0.5, 0.6) is 0 Å². The molecule has 1 aliphatic heterocycles. The van der Waals surface area contributed by atoms with E-state index in [0.717, 1.165) is 31.4 Å². The fourth-order valence-corrected chi connectivity index (χ4v) is 3.91. The molecule has 0 spiro atoms. The summed E-state index contributed by atoms with van der Waals surface area (Å²) < 4.78 is 0. The summed E-state index contributed by atoms with van der Waals surface area (Å²) in [6.45, 7) is 5.58. The first-order chi connectivity index (χ1) is 16.0. The minimum absolute atomic E-state index is 0.0464. The average Bonchev–Trinajstić information content (AvgIpc) is 3.06. The summed E-state index contributed by atoms with van der Waals surface area (Å²) in [6, 6.07) is 13.0. The molecule has 33 heavy (non-hydrogen) atoms. The van der Waals surface area contributed by atoms with Gasteiger partial charge in [0.15, 0.2) is 0 Å². The lowest BCUT2D eigenvalue weighted by Crippen LogP contribution is -2.41.